The molecule has 1 rings (SSSR count). The van der Waals surface area contributed by atoms with Gasteiger partial charge in [-0.15, -0.1) is 0 Å². The van der Waals surface area contributed by atoms with E-state index in [0.717, 1.165) is 12.2 Å². The van der Waals surface area contributed by atoms with Crippen LogP contribution in [-0.4, -0.2) is 33.4 Å². The zero-order valence-electron chi connectivity index (χ0n) is 10.3. The summed E-state index contributed by atoms with van der Waals surface area (Å²) in [7, 11) is 3.61. The summed E-state index contributed by atoms with van der Waals surface area (Å²) in [6.07, 6.45) is 0.991. The van der Waals surface area contributed by atoms with Crippen LogP contribution in [0.15, 0.2) is 24.3 Å². The molecule has 90 valence electrons. The van der Waals surface area contributed by atoms with Crippen molar-refractivity contribution in [3.05, 3.63) is 29.8 Å². The first kappa shape index (κ1) is 13.0. The van der Waals surface area contributed by atoms with Crippen LogP contribution in [0.3, 0.4) is 0 Å². The number of hydrogen-bond donors (Lipinski definition) is 1. The quantitative estimate of drug-likeness (QED) is 0.765. The molecule has 0 aliphatic heterocycles. The molecule has 3 heteroatoms. The average Bonchev–Trinajstić information content (AvgIpc) is 2.34. The fourth-order valence-electron chi connectivity index (χ4n) is 1.54. The second kappa shape index (κ2) is 7.25. The number of likely N-dealkylation sites (N-methyl/N-ethyl adjacent to an activating group) is 1. The van der Waals surface area contributed by atoms with Gasteiger partial charge in [0.25, 0.3) is 0 Å². The van der Waals surface area contributed by atoms with Crippen molar-refractivity contribution in [1.29, 1.82) is 0 Å². The molecule has 0 bridgehead atoms. The Morgan fingerprint density at radius 3 is 2.62 bits per heavy atom. The van der Waals surface area contributed by atoms with Crippen LogP contribution in [-0.2, 0) is 11.2 Å². The highest BCUT2D eigenvalue weighted by Crippen LogP contribution is 2.18. The molecule has 0 saturated carbocycles. The summed E-state index contributed by atoms with van der Waals surface area (Å²) >= 11 is 0. The predicted octanol–water partition coefficient (Wildman–Crippen LogP) is 1.86. The van der Waals surface area contributed by atoms with Crippen molar-refractivity contribution in [2.45, 2.75) is 19.4 Å². The van der Waals surface area contributed by atoms with Crippen molar-refractivity contribution in [3.63, 3.8) is 0 Å². The lowest BCUT2D eigenvalue weighted by molar-refractivity contribution is 0.139. The number of ether oxygens (including phenoxy) is 2. The molecule has 3 nitrogen and oxygen atoms in total. The molecule has 1 N–H and O–H groups in total. The first-order valence-corrected chi connectivity index (χ1v) is 5.68. The lowest BCUT2D eigenvalue weighted by Gasteiger charge is -2.17. The smallest absolute Gasteiger partial charge is 0.122 e. The minimum atomic E-state index is 0.231. The number of rotatable bonds is 7. The Morgan fingerprint density at radius 2 is 2.00 bits per heavy atom. The molecular weight excluding hydrogens is 202 g/mol. The van der Waals surface area contributed by atoms with Gasteiger partial charge < -0.3 is 14.8 Å². The summed E-state index contributed by atoms with van der Waals surface area (Å²) in [6.45, 7) is 3.42. The van der Waals surface area contributed by atoms with Gasteiger partial charge in [0.1, 0.15) is 12.4 Å². The lowest BCUT2D eigenvalue weighted by Crippen LogP contribution is -2.35. The Bertz CT molecular complexity index is 302. The third-order valence-corrected chi connectivity index (χ3v) is 2.57. The SMILES string of the molecule is CCc1ccccc1OCC(COC)NC. The van der Waals surface area contributed by atoms with Crippen LogP contribution in [0, 0.1) is 0 Å². The Hall–Kier alpha value is -1.06. The van der Waals surface area contributed by atoms with Crippen LogP contribution in [0.1, 0.15) is 12.5 Å². The van der Waals surface area contributed by atoms with E-state index in [9.17, 15) is 0 Å². The molecule has 1 unspecified atom stereocenters. The Morgan fingerprint density at radius 1 is 1.25 bits per heavy atom. The molecule has 0 radical (unpaired) electrons. The van der Waals surface area contributed by atoms with Crippen molar-refractivity contribution in [3.8, 4) is 5.75 Å². The molecule has 0 saturated heterocycles. The van der Waals surface area contributed by atoms with Crippen LogP contribution in [0.25, 0.3) is 0 Å². The van der Waals surface area contributed by atoms with Crippen molar-refractivity contribution in [2.75, 3.05) is 27.4 Å². The summed E-state index contributed by atoms with van der Waals surface area (Å²) in [6, 6.07) is 8.38. The molecule has 0 fully saturated rings. The Kier molecular flexibility index (Phi) is 5.90. The van der Waals surface area contributed by atoms with Gasteiger partial charge in [-0.25, -0.2) is 0 Å². The number of nitrogens with one attached hydrogen (secondary N) is 1. The molecule has 0 aliphatic carbocycles. The summed E-state index contributed by atoms with van der Waals surface area (Å²) in [5.74, 6) is 0.973. The second-order valence-electron chi connectivity index (χ2n) is 3.71. The summed E-state index contributed by atoms with van der Waals surface area (Å²) < 4.78 is 10.9. The predicted molar refractivity (Wildman–Crippen MR) is 66.0 cm³/mol. The molecule has 0 amide bonds. The fraction of sp³-hybridized carbons (Fsp3) is 0.538. The first-order valence-electron chi connectivity index (χ1n) is 5.68. The third-order valence-electron chi connectivity index (χ3n) is 2.57. The zero-order valence-corrected chi connectivity index (χ0v) is 10.3. The van der Waals surface area contributed by atoms with E-state index in [2.05, 4.69) is 18.3 Å². The molecular formula is C13H21NO2. The van der Waals surface area contributed by atoms with Crippen LogP contribution in [0.2, 0.25) is 0 Å². The molecule has 1 aromatic carbocycles. The van der Waals surface area contributed by atoms with Crippen molar-refractivity contribution in [1.82, 2.24) is 5.32 Å². The highest BCUT2D eigenvalue weighted by atomic mass is 16.5. The standard InChI is InChI=1S/C13H21NO2/c1-4-11-7-5-6-8-13(11)16-10-12(14-2)9-15-3/h5-8,12,14H,4,9-10H2,1-3H3. The van der Waals surface area contributed by atoms with Gasteiger partial charge in [-0.05, 0) is 25.1 Å². The molecule has 0 spiro atoms. The molecule has 0 aromatic heterocycles. The number of benzene rings is 1. The minimum Gasteiger partial charge on any atom is -0.492 e. The van der Waals surface area contributed by atoms with E-state index < -0.39 is 0 Å². The fourth-order valence-corrected chi connectivity index (χ4v) is 1.54. The largest absolute Gasteiger partial charge is 0.492 e. The minimum absolute atomic E-state index is 0.231. The maximum Gasteiger partial charge on any atom is 0.122 e. The van der Waals surface area contributed by atoms with Crippen LogP contribution >= 0.6 is 0 Å². The van der Waals surface area contributed by atoms with E-state index in [1.54, 1.807) is 7.11 Å². The maximum atomic E-state index is 5.79. The van der Waals surface area contributed by atoms with Gasteiger partial charge in [0.15, 0.2) is 0 Å². The highest BCUT2D eigenvalue weighted by molar-refractivity contribution is 5.33. The van der Waals surface area contributed by atoms with Crippen LogP contribution < -0.4 is 10.1 Å². The van der Waals surface area contributed by atoms with E-state index in [-0.39, 0.29) is 6.04 Å². The average molecular weight is 223 g/mol. The normalized spacial score (nSPS) is 12.4. The third kappa shape index (κ3) is 3.83. The van der Waals surface area contributed by atoms with Crippen LogP contribution in [0.5, 0.6) is 5.75 Å². The van der Waals surface area contributed by atoms with Gasteiger partial charge in [0.2, 0.25) is 0 Å². The number of hydrogen-bond acceptors (Lipinski definition) is 3. The topological polar surface area (TPSA) is 30.5 Å². The van der Waals surface area contributed by atoms with E-state index in [4.69, 9.17) is 9.47 Å². The molecule has 16 heavy (non-hydrogen) atoms. The van der Waals surface area contributed by atoms with Crippen LogP contribution in [0.4, 0.5) is 0 Å². The second-order valence-corrected chi connectivity index (χ2v) is 3.71. The maximum absolute atomic E-state index is 5.79. The van der Waals surface area contributed by atoms with Crippen molar-refractivity contribution >= 4 is 0 Å². The highest BCUT2D eigenvalue weighted by Gasteiger charge is 2.07. The van der Waals surface area contributed by atoms with Crippen molar-refractivity contribution in [2.24, 2.45) is 0 Å². The number of methoxy groups -OCH3 is 1. The van der Waals surface area contributed by atoms with Gasteiger partial charge in [0.05, 0.1) is 12.6 Å². The zero-order chi connectivity index (χ0) is 11.8. The summed E-state index contributed by atoms with van der Waals surface area (Å²) in [5.41, 5.74) is 1.25. The lowest BCUT2D eigenvalue weighted by atomic mass is 10.1. The van der Waals surface area contributed by atoms with Gasteiger partial charge in [-0.2, -0.15) is 0 Å². The summed E-state index contributed by atoms with van der Waals surface area (Å²) in [4.78, 5) is 0. The van der Waals surface area contributed by atoms with E-state index in [1.165, 1.54) is 5.56 Å². The molecule has 0 aliphatic rings. The van der Waals surface area contributed by atoms with Gasteiger partial charge in [0, 0.05) is 7.11 Å². The van der Waals surface area contributed by atoms with Crippen molar-refractivity contribution < 1.29 is 9.47 Å². The Labute approximate surface area is 97.8 Å². The van der Waals surface area contributed by atoms with Gasteiger partial charge >= 0.3 is 0 Å². The van der Waals surface area contributed by atoms with E-state index in [1.807, 2.05) is 25.2 Å². The van der Waals surface area contributed by atoms with Gasteiger partial charge in [-0.3, -0.25) is 0 Å². The van der Waals surface area contributed by atoms with E-state index >= 15 is 0 Å². The Balaban J connectivity index is 2.52. The number of aryl methyl sites for hydroxylation is 1. The van der Waals surface area contributed by atoms with Gasteiger partial charge in [-0.1, -0.05) is 25.1 Å². The van der Waals surface area contributed by atoms with E-state index in [0.29, 0.717) is 13.2 Å². The monoisotopic (exact) mass is 223 g/mol. The first-order chi connectivity index (χ1) is 7.81. The number of para-hydroxylation sites is 1. The molecule has 1 atom stereocenters. The molecule has 0 heterocycles. The summed E-state index contributed by atoms with van der Waals surface area (Å²) in [5, 5.41) is 3.16. The molecule has 1 aromatic rings.